The molecule has 1 heterocycles. The van der Waals surface area contributed by atoms with Crippen molar-refractivity contribution in [1.82, 2.24) is 4.90 Å². The van der Waals surface area contributed by atoms with Crippen molar-refractivity contribution in [3.05, 3.63) is 0 Å². The maximum Gasteiger partial charge on any atom is 0.426 e. The van der Waals surface area contributed by atoms with Crippen LogP contribution in [0.25, 0.3) is 0 Å². The molecule has 0 bridgehead atoms. The lowest BCUT2D eigenvalue weighted by Crippen LogP contribution is -2.56. The molecule has 0 spiro atoms. The van der Waals surface area contributed by atoms with E-state index in [-0.39, 0.29) is 25.9 Å². The Balaban J connectivity index is 3.03. The highest BCUT2D eigenvalue weighted by Gasteiger charge is 2.56. The van der Waals surface area contributed by atoms with Crippen LogP contribution >= 0.6 is 0 Å². The molecule has 1 aliphatic rings. The topological polar surface area (TPSA) is 112 Å². The molecule has 0 aromatic heterocycles. The van der Waals surface area contributed by atoms with E-state index in [4.69, 9.17) is 10.2 Å². The molecule has 0 radical (unpaired) electrons. The van der Waals surface area contributed by atoms with E-state index >= 15 is 0 Å². The van der Waals surface area contributed by atoms with Crippen molar-refractivity contribution in [2.75, 3.05) is 20.1 Å². The van der Waals surface area contributed by atoms with Crippen LogP contribution in [0.2, 0.25) is 0 Å². The van der Waals surface area contributed by atoms with E-state index in [0.29, 0.717) is 0 Å². The molecule has 2 N–H and O–H groups in total. The average molecular weight is 273 g/mol. The van der Waals surface area contributed by atoms with Crippen LogP contribution in [-0.2, 0) is 14.4 Å². The zero-order chi connectivity index (χ0) is 14.8. The quantitative estimate of drug-likeness (QED) is 0.509. The van der Waals surface area contributed by atoms with Gasteiger partial charge < -0.3 is 10.2 Å². The number of nitrogens with zero attached hydrogens (tertiary/aromatic N) is 2. The molecule has 3 amide bonds. The number of urea groups is 1. The molecular weight excluding hydrogens is 256 g/mol. The van der Waals surface area contributed by atoms with Gasteiger partial charge in [0.2, 0.25) is 0 Å². The van der Waals surface area contributed by atoms with E-state index in [1.165, 1.54) is 14.0 Å². The van der Waals surface area contributed by atoms with Crippen molar-refractivity contribution in [2.24, 2.45) is 0 Å². The van der Waals surface area contributed by atoms with Gasteiger partial charge in [0, 0.05) is 7.05 Å². The minimum atomic E-state index is -1.09. The second-order valence-electron chi connectivity index (χ2n) is 4.62. The van der Waals surface area contributed by atoms with Gasteiger partial charge in [-0.1, -0.05) is 0 Å². The lowest BCUT2D eigenvalue weighted by molar-refractivity contribution is -0.858. The van der Waals surface area contributed by atoms with Gasteiger partial charge in [-0.2, -0.15) is 0 Å². The summed E-state index contributed by atoms with van der Waals surface area (Å²) in [6.07, 6.45) is -0.590. The molecule has 0 aromatic carbocycles. The number of imide groups is 1. The van der Waals surface area contributed by atoms with Crippen LogP contribution in [0.15, 0.2) is 0 Å². The first-order valence-corrected chi connectivity index (χ1v) is 5.85. The third-order valence-electron chi connectivity index (χ3n) is 3.55. The SMILES string of the molecule is CC1C(=O)N(C)C(=O)[N+]1(CCC(=O)O)CCC(=O)O. The van der Waals surface area contributed by atoms with Crippen LogP contribution in [-0.4, -0.2) is 69.7 Å². The van der Waals surface area contributed by atoms with Crippen molar-refractivity contribution in [3.63, 3.8) is 0 Å². The van der Waals surface area contributed by atoms with Crippen molar-refractivity contribution < 1.29 is 33.9 Å². The molecule has 1 rings (SSSR count). The maximum atomic E-state index is 12.2. The number of carboxylic acids is 2. The molecule has 1 fully saturated rings. The molecule has 8 nitrogen and oxygen atoms in total. The Bertz CT molecular complexity index is 415. The molecule has 0 aromatic rings. The van der Waals surface area contributed by atoms with E-state index in [1.54, 1.807) is 0 Å². The van der Waals surface area contributed by atoms with E-state index in [0.717, 1.165) is 4.90 Å². The third kappa shape index (κ3) is 2.73. The highest BCUT2D eigenvalue weighted by atomic mass is 16.4. The van der Waals surface area contributed by atoms with Gasteiger partial charge in [-0.25, -0.2) is 14.2 Å². The average Bonchev–Trinajstić information content (AvgIpc) is 2.49. The predicted octanol–water partition coefficient (Wildman–Crippen LogP) is -0.267. The van der Waals surface area contributed by atoms with Crippen molar-refractivity contribution in [1.29, 1.82) is 0 Å². The van der Waals surface area contributed by atoms with Crippen LogP contribution in [0, 0.1) is 0 Å². The zero-order valence-corrected chi connectivity index (χ0v) is 10.8. The monoisotopic (exact) mass is 273 g/mol. The number of hydrogen-bond donors (Lipinski definition) is 2. The third-order valence-corrected chi connectivity index (χ3v) is 3.55. The highest BCUT2D eigenvalue weighted by Crippen LogP contribution is 2.27. The van der Waals surface area contributed by atoms with Crippen molar-refractivity contribution >= 4 is 23.9 Å². The number of amides is 3. The van der Waals surface area contributed by atoms with Crippen LogP contribution in [0.5, 0.6) is 0 Å². The number of carbonyl (C=O) groups is 4. The van der Waals surface area contributed by atoms with Gasteiger partial charge >= 0.3 is 18.0 Å². The standard InChI is InChI=1S/C11H16N2O6/c1-7-10(18)12(2)11(19)13(7,5-3-8(14)15)6-4-9(16)17/h7H,3-6H2,1-2H3,(H-,14,15,16,17)/p+1. The summed E-state index contributed by atoms with van der Waals surface area (Å²) in [7, 11) is 1.32. The van der Waals surface area contributed by atoms with Gasteiger partial charge in [0.1, 0.15) is 0 Å². The van der Waals surface area contributed by atoms with Crippen molar-refractivity contribution in [3.8, 4) is 0 Å². The molecule has 1 saturated heterocycles. The second kappa shape index (κ2) is 5.35. The molecule has 0 aliphatic carbocycles. The maximum absolute atomic E-state index is 12.2. The number of rotatable bonds is 6. The minimum Gasteiger partial charge on any atom is -0.481 e. The Morgan fingerprint density at radius 2 is 1.58 bits per heavy atom. The van der Waals surface area contributed by atoms with E-state index < -0.39 is 34.4 Å². The fourth-order valence-corrected chi connectivity index (χ4v) is 2.33. The first-order valence-electron chi connectivity index (χ1n) is 5.85. The smallest absolute Gasteiger partial charge is 0.426 e. The minimum absolute atomic E-state index is 0.0846. The Morgan fingerprint density at radius 3 is 1.84 bits per heavy atom. The number of carbonyl (C=O) groups excluding carboxylic acids is 2. The fraction of sp³-hybridized carbons (Fsp3) is 0.636. The molecule has 1 unspecified atom stereocenters. The molecule has 0 saturated carbocycles. The van der Waals surface area contributed by atoms with Crippen molar-refractivity contribution in [2.45, 2.75) is 25.8 Å². The van der Waals surface area contributed by atoms with Crippen LogP contribution in [0.3, 0.4) is 0 Å². The van der Waals surface area contributed by atoms with Gasteiger partial charge in [0.05, 0.1) is 25.9 Å². The number of carboxylic acid groups (broad SMARTS) is 2. The molecule has 1 aliphatic heterocycles. The van der Waals surface area contributed by atoms with E-state index in [2.05, 4.69) is 0 Å². The molecule has 1 atom stereocenters. The summed E-state index contributed by atoms with van der Waals surface area (Å²) in [5.74, 6) is -2.59. The van der Waals surface area contributed by atoms with Crippen LogP contribution in [0.4, 0.5) is 4.79 Å². The zero-order valence-electron chi connectivity index (χ0n) is 10.8. The molecule has 19 heavy (non-hydrogen) atoms. The Hall–Kier alpha value is -1.96. The van der Waals surface area contributed by atoms with Gasteiger partial charge in [-0.05, 0) is 6.92 Å². The highest BCUT2D eigenvalue weighted by molar-refractivity contribution is 5.99. The second-order valence-corrected chi connectivity index (χ2v) is 4.62. The normalized spacial score (nSPS) is 21.8. The Morgan fingerprint density at radius 1 is 1.16 bits per heavy atom. The first-order chi connectivity index (χ1) is 8.72. The van der Waals surface area contributed by atoms with Gasteiger partial charge in [0.15, 0.2) is 6.04 Å². The number of hydrogen-bond acceptors (Lipinski definition) is 4. The molecular formula is C11H17N2O6+. The largest absolute Gasteiger partial charge is 0.481 e. The summed E-state index contributed by atoms with van der Waals surface area (Å²) in [6.45, 7) is 1.35. The van der Waals surface area contributed by atoms with Crippen LogP contribution < -0.4 is 0 Å². The molecule has 106 valence electrons. The summed E-state index contributed by atoms with van der Waals surface area (Å²) in [6, 6.07) is -1.30. The first kappa shape index (κ1) is 15.1. The van der Waals surface area contributed by atoms with E-state index in [9.17, 15) is 19.2 Å². The summed E-state index contributed by atoms with van der Waals surface area (Å²) in [5, 5.41) is 17.5. The van der Waals surface area contributed by atoms with Crippen LogP contribution in [0.1, 0.15) is 19.8 Å². The predicted molar refractivity (Wildman–Crippen MR) is 62.1 cm³/mol. The lowest BCUT2D eigenvalue weighted by atomic mass is 10.2. The number of aliphatic carboxylic acids is 2. The Kier molecular flexibility index (Phi) is 4.25. The Labute approximate surface area is 109 Å². The molecule has 8 heteroatoms. The van der Waals surface area contributed by atoms with Gasteiger partial charge in [-0.3, -0.25) is 14.4 Å². The summed E-state index contributed by atoms with van der Waals surface area (Å²) >= 11 is 0. The summed E-state index contributed by atoms with van der Waals surface area (Å²) in [5.41, 5.74) is 0. The number of quaternary nitrogens is 1. The summed E-state index contributed by atoms with van der Waals surface area (Å²) < 4.78 is -0.437. The summed E-state index contributed by atoms with van der Waals surface area (Å²) in [4.78, 5) is 46.3. The van der Waals surface area contributed by atoms with Gasteiger partial charge in [-0.15, -0.1) is 0 Å². The van der Waals surface area contributed by atoms with Gasteiger partial charge in [0.25, 0.3) is 5.91 Å². The number of likely N-dealkylation sites (N-methyl/N-ethyl adjacent to an activating group) is 1. The fourth-order valence-electron chi connectivity index (χ4n) is 2.33. The van der Waals surface area contributed by atoms with E-state index in [1.807, 2.05) is 0 Å². The lowest BCUT2D eigenvalue weighted by Gasteiger charge is -2.32.